The number of carboxylic acids is 1. The van der Waals surface area contributed by atoms with Crippen LogP contribution in [0.15, 0.2) is 30.9 Å². The van der Waals surface area contributed by atoms with Gasteiger partial charge in [0.25, 0.3) is 5.91 Å². The van der Waals surface area contributed by atoms with Crippen molar-refractivity contribution >= 4 is 23.5 Å². The molecule has 1 aliphatic rings. The lowest BCUT2D eigenvalue weighted by molar-refractivity contribution is -0.139. The van der Waals surface area contributed by atoms with E-state index in [-0.39, 0.29) is 5.91 Å². The van der Waals surface area contributed by atoms with Gasteiger partial charge in [0.2, 0.25) is 5.91 Å². The second-order valence-electron chi connectivity index (χ2n) is 5.15. The Kier molecular flexibility index (Phi) is 4.93. The van der Waals surface area contributed by atoms with Gasteiger partial charge in [0.15, 0.2) is 0 Å². The average molecular weight is 302 g/mol. The van der Waals surface area contributed by atoms with Crippen molar-refractivity contribution in [2.45, 2.75) is 31.7 Å². The fourth-order valence-corrected chi connectivity index (χ4v) is 2.31. The second kappa shape index (κ2) is 6.89. The summed E-state index contributed by atoms with van der Waals surface area (Å²) in [6.45, 7) is 3.54. The zero-order valence-electron chi connectivity index (χ0n) is 12.1. The minimum absolute atomic E-state index is 0.0416. The summed E-state index contributed by atoms with van der Waals surface area (Å²) in [7, 11) is 0. The third kappa shape index (κ3) is 3.72. The smallest absolute Gasteiger partial charge is 0.326 e. The molecule has 6 heteroatoms. The van der Waals surface area contributed by atoms with Crippen molar-refractivity contribution in [2.24, 2.45) is 0 Å². The highest BCUT2D eigenvalue weighted by molar-refractivity contribution is 5.99. The standard InChI is InChI=1S/C16H18N2O4/c1-2-3-4-13(16(21)22)18-15(20)11-5-7-12-10(9-11)6-8-14(19)17-12/h2,5,7,9,13H,1,3-4,6,8H2,(H,17,19)(H,18,20)(H,21,22). The largest absolute Gasteiger partial charge is 0.480 e. The summed E-state index contributed by atoms with van der Waals surface area (Å²) in [6, 6.07) is 3.99. The SMILES string of the molecule is C=CCCC(NC(=O)c1ccc2c(c1)CCC(=O)N2)C(=O)O. The third-order valence-corrected chi connectivity index (χ3v) is 3.53. The van der Waals surface area contributed by atoms with Gasteiger partial charge in [0.05, 0.1) is 0 Å². The Bertz CT molecular complexity index is 625. The van der Waals surface area contributed by atoms with E-state index in [0.717, 1.165) is 5.56 Å². The summed E-state index contributed by atoms with van der Waals surface area (Å²) in [5, 5.41) is 14.4. The number of benzene rings is 1. The van der Waals surface area contributed by atoms with E-state index < -0.39 is 17.9 Å². The number of amides is 2. The molecule has 1 aliphatic heterocycles. The van der Waals surface area contributed by atoms with E-state index in [1.807, 2.05) is 0 Å². The first-order chi connectivity index (χ1) is 10.5. The van der Waals surface area contributed by atoms with E-state index in [2.05, 4.69) is 17.2 Å². The summed E-state index contributed by atoms with van der Waals surface area (Å²) in [5.74, 6) is -1.54. The molecule has 3 N–H and O–H groups in total. The Morgan fingerprint density at radius 2 is 2.18 bits per heavy atom. The first kappa shape index (κ1) is 15.8. The zero-order valence-corrected chi connectivity index (χ0v) is 12.1. The molecule has 1 aromatic carbocycles. The summed E-state index contributed by atoms with van der Waals surface area (Å²) in [6.07, 6.45) is 3.37. The Hall–Kier alpha value is -2.63. The van der Waals surface area contributed by atoms with E-state index in [1.165, 1.54) is 0 Å². The molecule has 2 rings (SSSR count). The molecule has 2 amide bonds. The number of hydrogen-bond donors (Lipinski definition) is 3. The number of aryl methyl sites for hydroxylation is 1. The topological polar surface area (TPSA) is 95.5 Å². The number of rotatable bonds is 6. The van der Waals surface area contributed by atoms with Gasteiger partial charge >= 0.3 is 5.97 Å². The van der Waals surface area contributed by atoms with Crippen molar-refractivity contribution in [1.29, 1.82) is 0 Å². The molecule has 0 aliphatic carbocycles. The van der Waals surface area contributed by atoms with Crippen LogP contribution in [0, 0.1) is 0 Å². The van der Waals surface area contributed by atoms with Crippen LogP contribution in [0.25, 0.3) is 0 Å². The number of carboxylic acid groups (broad SMARTS) is 1. The number of aliphatic carboxylic acids is 1. The highest BCUT2D eigenvalue weighted by Crippen LogP contribution is 2.23. The predicted octanol–water partition coefficient (Wildman–Crippen LogP) is 1.72. The Morgan fingerprint density at radius 1 is 1.41 bits per heavy atom. The maximum absolute atomic E-state index is 12.2. The van der Waals surface area contributed by atoms with E-state index in [0.29, 0.717) is 36.9 Å². The van der Waals surface area contributed by atoms with Crippen molar-refractivity contribution in [3.8, 4) is 0 Å². The maximum atomic E-state index is 12.2. The lowest BCUT2D eigenvalue weighted by Crippen LogP contribution is -2.40. The highest BCUT2D eigenvalue weighted by atomic mass is 16.4. The number of carbonyl (C=O) groups is 3. The van der Waals surface area contributed by atoms with E-state index in [4.69, 9.17) is 5.11 Å². The van der Waals surface area contributed by atoms with Gasteiger partial charge < -0.3 is 15.7 Å². The molecule has 0 saturated heterocycles. The van der Waals surface area contributed by atoms with Crippen molar-refractivity contribution in [2.75, 3.05) is 5.32 Å². The quantitative estimate of drug-likeness (QED) is 0.697. The van der Waals surface area contributed by atoms with Gasteiger partial charge in [-0.15, -0.1) is 6.58 Å². The minimum Gasteiger partial charge on any atom is -0.480 e. The molecule has 1 aromatic rings. The van der Waals surface area contributed by atoms with Gasteiger partial charge in [-0.25, -0.2) is 4.79 Å². The molecule has 0 saturated carbocycles. The average Bonchev–Trinajstić information content (AvgIpc) is 2.50. The summed E-state index contributed by atoms with van der Waals surface area (Å²) in [5.41, 5.74) is 1.97. The number of carbonyl (C=O) groups excluding carboxylic acids is 2. The van der Waals surface area contributed by atoms with Gasteiger partial charge in [0.1, 0.15) is 6.04 Å². The fourth-order valence-electron chi connectivity index (χ4n) is 2.31. The molecular formula is C16H18N2O4. The molecule has 0 radical (unpaired) electrons. The fraction of sp³-hybridized carbons (Fsp3) is 0.312. The normalized spacial score (nSPS) is 14.5. The molecule has 1 heterocycles. The van der Waals surface area contributed by atoms with Crippen molar-refractivity contribution in [3.63, 3.8) is 0 Å². The number of anilines is 1. The van der Waals surface area contributed by atoms with Crippen LogP contribution in [0.1, 0.15) is 35.2 Å². The number of fused-ring (bicyclic) bond motifs is 1. The summed E-state index contributed by atoms with van der Waals surface area (Å²) in [4.78, 5) is 34.6. The number of hydrogen-bond acceptors (Lipinski definition) is 3. The first-order valence-corrected chi connectivity index (χ1v) is 7.08. The van der Waals surface area contributed by atoms with E-state index in [9.17, 15) is 14.4 Å². The zero-order chi connectivity index (χ0) is 16.1. The molecule has 6 nitrogen and oxygen atoms in total. The highest BCUT2D eigenvalue weighted by Gasteiger charge is 2.21. The van der Waals surface area contributed by atoms with E-state index >= 15 is 0 Å². The van der Waals surface area contributed by atoms with Crippen LogP contribution >= 0.6 is 0 Å². The monoisotopic (exact) mass is 302 g/mol. The van der Waals surface area contributed by atoms with Gasteiger partial charge in [0, 0.05) is 17.7 Å². The molecule has 0 spiro atoms. The van der Waals surface area contributed by atoms with Crippen LogP contribution in [0.2, 0.25) is 0 Å². The number of nitrogens with one attached hydrogen (secondary N) is 2. The molecule has 0 fully saturated rings. The lowest BCUT2D eigenvalue weighted by Gasteiger charge is -2.18. The molecule has 116 valence electrons. The first-order valence-electron chi connectivity index (χ1n) is 7.08. The van der Waals surface area contributed by atoms with Crippen molar-refractivity contribution in [1.82, 2.24) is 5.32 Å². The van der Waals surface area contributed by atoms with Crippen LogP contribution in [-0.2, 0) is 16.0 Å². The van der Waals surface area contributed by atoms with Gasteiger partial charge in [-0.3, -0.25) is 9.59 Å². The molecule has 1 unspecified atom stereocenters. The van der Waals surface area contributed by atoms with Crippen LogP contribution in [0.5, 0.6) is 0 Å². The Balaban J connectivity index is 2.10. The van der Waals surface area contributed by atoms with Crippen LogP contribution < -0.4 is 10.6 Å². The van der Waals surface area contributed by atoms with Gasteiger partial charge in [-0.2, -0.15) is 0 Å². The Labute approximate surface area is 128 Å². The minimum atomic E-state index is -1.07. The van der Waals surface area contributed by atoms with Gasteiger partial charge in [-0.05, 0) is 43.0 Å². The van der Waals surface area contributed by atoms with E-state index in [1.54, 1.807) is 24.3 Å². The van der Waals surface area contributed by atoms with Crippen molar-refractivity contribution < 1.29 is 19.5 Å². The molecular weight excluding hydrogens is 284 g/mol. The van der Waals surface area contributed by atoms with Crippen LogP contribution in [-0.4, -0.2) is 28.9 Å². The number of allylic oxidation sites excluding steroid dienone is 1. The molecule has 0 bridgehead atoms. The molecule has 22 heavy (non-hydrogen) atoms. The van der Waals surface area contributed by atoms with Crippen LogP contribution in [0.4, 0.5) is 5.69 Å². The summed E-state index contributed by atoms with van der Waals surface area (Å²) >= 11 is 0. The third-order valence-electron chi connectivity index (χ3n) is 3.53. The Morgan fingerprint density at radius 3 is 2.86 bits per heavy atom. The molecule has 1 atom stereocenters. The van der Waals surface area contributed by atoms with Crippen LogP contribution in [0.3, 0.4) is 0 Å². The lowest BCUT2D eigenvalue weighted by atomic mass is 10.00. The molecule has 0 aromatic heterocycles. The second-order valence-corrected chi connectivity index (χ2v) is 5.15. The van der Waals surface area contributed by atoms with Gasteiger partial charge in [-0.1, -0.05) is 6.08 Å². The maximum Gasteiger partial charge on any atom is 0.326 e. The van der Waals surface area contributed by atoms with Crippen molar-refractivity contribution in [3.05, 3.63) is 42.0 Å². The predicted molar refractivity (Wildman–Crippen MR) is 81.7 cm³/mol. The summed E-state index contributed by atoms with van der Waals surface area (Å²) < 4.78 is 0.